The molecule has 0 aromatic carbocycles. The molecule has 0 aliphatic heterocycles. The minimum absolute atomic E-state index is 0.628. The van der Waals surface area contributed by atoms with Gasteiger partial charge in [0, 0.05) is 0 Å². The Labute approximate surface area is 116 Å². The fourth-order valence-corrected chi connectivity index (χ4v) is 2.35. The Hall–Kier alpha value is -0.780. The molecule has 0 rings (SSSR count). The summed E-state index contributed by atoms with van der Waals surface area (Å²) in [4.78, 5) is 0. The zero-order valence-corrected chi connectivity index (χ0v) is 13.7. The average molecular weight is 250 g/mol. The van der Waals surface area contributed by atoms with E-state index >= 15 is 0 Å². The van der Waals surface area contributed by atoms with Gasteiger partial charge in [-0.3, -0.25) is 0 Å². The van der Waals surface area contributed by atoms with Crippen molar-refractivity contribution in [2.75, 3.05) is 0 Å². The molecule has 2 unspecified atom stereocenters. The molecule has 0 N–H and O–H groups in total. The predicted octanol–water partition coefficient (Wildman–Crippen LogP) is 6.41. The molecule has 0 saturated carbocycles. The van der Waals surface area contributed by atoms with Crippen LogP contribution in [0.2, 0.25) is 0 Å². The first-order valence-electron chi connectivity index (χ1n) is 7.46. The number of allylic oxidation sites excluding steroid dienone is 5. The van der Waals surface area contributed by atoms with Gasteiger partial charge in [-0.25, -0.2) is 0 Å². The molecule has 0 saturated heterocycles. The maximum atomic E-state index is 3.78. The number of hydrogen-bond donors (Lipinski definition) is 0. The maximum absolute atomic E-state index is 3.78. The molecule has 106 valence electrons. The summed E-state index contributed by atoms with van der Waals surface area (Å²) < 4.78 is 0. The molecule has 0 bridgehead atoms. The van der Waals surface area contributed by atoms with Crippen LogP contribution in [-0.4, -0.2) is 0 Å². The lowest BCUT2D eigenvalue weighted by Crippen LogP contribution is -2.07. The molecule has 2 atom stereocenters. The molecular weight excluding hydrogens is 216 g/mol. The minimum Gasteiger partial charge on any atom is -0.0991 e. The highest BCUT2D eigenvalue weighted by atomic mass is 14.2. The Morgan fingerprint density at radius 3 is 2.00 bits per heavy atom. The predicted molar refractivity (Wildman–Crippen MR) is 86.8 cm³/mol. The standard InChI is InChI=1S/C16H28.C2H6/c1-7-9-16(10-8-2)15(6)12-14(5)11-13(3)4;1-2/h7-10,13-15H,1,11-12H2,2-6H3;1-2H3/b10-8-,16-9+;. The summed E-state index contributed by atoms with van der Waals surface area (Å²) in [5, 5.41) is 0. The Kier molecular flexibility index (Phi) is 13.8. The second-order valence-corrected chi connectivity index (χ2v) is 5.27. The van der Waals surface area contributed by atoms with Gasteiger partial charge in [0.15, 0.2) is 0 Å². The molecule has 0 aliphatic carbocycles. The van der Waals surface area contributed by atoms with Crippen molar-refractivity contribution in [1.29, 1.82) is 0 Å². The monoisotopic (exact) mass is 250 g/mol. The van der Waals surface area contributed by atoms with Crippen molar-refractivity contribution in [3.05, 3.63) is 36.5 Å². The Morgan fingerprint density at radius 1 is 1.06 bits per heavy atom. The topological polar surface area (TPSA) is 0 Å². The van der Waals surface area contributed by atoms with E-state index < -0.39 is 0 Å². The van der Waals surface area contributed by atoms with Crippen molar-refractivity contribution in [1.82, 2.24) is 0 Å². The second kappa shape index (κ2) is 12.7. The molecule has 18 heavy (non-hydrogen) atoms. The van der Waals surface area contributed by atoms with Gasteiger partial charge in [0.05, 0.1) is 0 Å². The summed E-state index contributed by atoms with van der Waals surface area (Å²) in [5.74, 6) is 2.23. The summed E-state index contributed by atoms with van der Waals surface area (Å²) in [6.45, 7) is 19.1. The van der Waals surface area contributed by atoms with E-state index in [9.17, 15) is 0 Å². The van der Waals surface area contributed by atoms with E-state index in [1.807, 2.05) is 19.9 Å². The molecule has 0 aromatic heterocycles. The first-order valence-corrected chi connectivity index (χ1v) is 7.46. The summed E-state index contributed by atoms with van der Waals surface area (Å²) >= 11 is 0. The van der Waals surface area contributed by atoms with Crippen LogP contribution in [0.25, 0.3) is 0 Å². The smallest absolute Gasteiger partial charge is 0.0188 e. The molecule has 0 nitrogen and oxygen atoms in total. The normalized spacial score (nSPS) is 15.2. The van der Waals surface area contributed by atoms with Gasteiger partial charge in [0.2, 0.25) is 0 Å². The Bertz CT molecular complexity index is 243. The van der Waals surface area contributed by atoms with Gasteiger partial charge in [0.25, 0.3) is 0 Å². The van der Waals surface area contributed by atoms with Crippen molar-refractivity contribution in [3.63, 3.8) is 0 Å². The second-order valence-electron chi connectivity index (χ2n) is 5.27. The fourth-order valence-electron chi connectivity index (χ4n) is 2.35. The quantitative estimate of drug-likeness (QED) is 0.458. The van der Waals surface area contributed by atoms with Crippen LogP contribution in [0.1, 0.15) is 61.3 Å². The van der Waals surface area contributed by atoms with Gasteiger partial charge in [-0.2, -0.15) is 0 Å². The van der Waals surface area contributed by atoms with Gasteiger partial charge in [-0.15, -0.1) is 0 Å². The largest absolute Gasteiger partial charge is 0.0991 e. The van der Waals surface area contributed by atoms with Crippen LogP contribution in [0.15, 0.2) is 36.5 Å². The van der Waals surface area contributed by atoms with Crippen molar-refractivity contribution in [2.45, 2.75) is 61.3 Å². The number of hydrogen-bond acceptors (Lipinski definition) is 0. The van der Waals surface area contributed by atoms with Crippen molar-refractivity contribution in [2.24, 2.45) is 17.8 Å². The van der Waals surface area contributed by atoms with Crippen molar-refractivity contribution < 1.29 is 0 Å². The van der Waals surface area contributed by atoms with E-state index in [1.54, 1.807) is 0 Å². The van der Waals surface area contributed by atoms with Gasteiger partial charge in [0.1, 0.15) is 0 Å². The van der Waals surface area contributed by atoms with Crippen molar-refractivity contribution >= 4 is 0 Å². The van der Waals surface area contributed by atoms with Crippen molar-refractivity contribution in [3.8, 4) is 0 Å². The molecule has 0 radical (unpaired) electrons. The molecule has 0 heteroatoms. The van der Waals surface area contributed by atoms with Gasteiger partial charge < -0.3 is 0 Å². The van der Waals surface area contributed by atoms with Gasteiger partial charge in [-0.1, -0.05) is 72.4 Å². The van der Waals surface area contributed by atoms with E-state index in [1.165, 1.54) is 18.4 Å². The van der Waals surface area contributed by atoms with Crippen LogP contribution in [-0.2, 0) is 0 Å². The summed E-state index contributed by atoms with van der Waals surface area (Å²) in [7, 11) is 0. The maximum Gasteiger partial charge on any atom is -0.0188 e. The highest BCUT2D eigenvalue weighted by molar-refractivity contribution is 5.24. The first-order chi connectivity index (χ1) is 8.51. The molecule has 0 spiro atoms. The summed E-state index contributed by atoms with van der Waals surface area (Å²) in [5.41, 5.74) is 1.40. The van der Waals surface area contributed by atoms with E-state index in [2.05, 4.69) is 59.4 Å². The van der Waals surface area contributed by atoms with E-state index in [4.69, 9.17) is 0 Å². The lowest BCUT2D eigenvalue weighted by atomic mass is 9.86. The minimum atomic E-state index is 0.628. The highest BCUT2D eigenvalue weighted by Gasteiger charge is 2.12. The van der Waals surface area contributed by atoms with E-state index in [-0.39, 0.29) is 0 Å². The van der Waals surface area contributed by atoms with Crippen LogP contribution >= 0.6 is 0 Å². The molecule has 0 aliphatic rings. The van der Waals surface area contributed by atoms with Gasteiger partial charge >= 0.3 is 0 Å². The zero-order valence-electron chi connectivity index (χ0n) is 13.7. The molecule has 0 heterocycles. The Balaban J connectivity index is 0. The molecular formula is C18H34. The third-order valence-corrected chi connectivity index (χ3v) is 2.87. The summed E-state index contributed by atoms with van der Waals surface area (Å²) in [6, 6.07) is 0. The van der Waals surface area contributed by atoms with E-state index in [0.29, 0.717) is 5.92 Å². The van der Waals surface area contributed by atoms with Gasteiger partial charge in [-0.05, 0) is 43.1 Å². The Morgan fingerprint density at radius 2 is 1.61 bits per heavy atom. The third-order valence-electron chi connectivity index (χ3n) is 2.87. The lowest BCUT2D eigenvalue weighted by molar-refractivity contribution is 0.378. The molecule has 0 aromatic rings. The molecule has 0 fully saturated rings. The zero-order chi connectivity index (χ0) is 14.6. The third kappa shape index (κ3) is 10.4. The first kappa shape index (κ1) is 19.6. The van der Waals surface area contributed by atoms with Crippen LogP contribution in [0.3, 0.4) is 0 Å². The SMILES string of the molecule is C=C/C=C(\C=C/C)C(C)CC(C)CC(C)C.CC. The van der Waals surface area contributed by atoms with Crippen LogP contribution < -0.4 is 0 Å². The molecule has 0 amide bonds. The van der Waals surface area contributed by atoms with Crippen LogP contribution in [0, 0.1) is 17.8 Å². The highest BCUT2D eigenvalue weighted by Crippen LogP contribution is 2.24. The summed E-state index contributed by atoms with van der Waals surface area (Å²) in [6.07, 6.45) is 10.9. The van der Waals surface area contributed by atoms with Crippen LogP contribution in [0.5, 0.6) is 0 Å². The lowest BCUT2D eigenvalue weighted by Gasteiger charge is -2.19. The number of rotatable bonds is 7. The van der Waals surface area contributed by atoms with E-state index in [0.717, 1.165) is 11.8 Å². The average Bonchev–Trinajstić information content (AvgIpc) is 2.30. The fraction of sp³-hybridized carbons (Fsp3) is 0.667. The van der Waals surface area contributed by atoms with Crippen LogP contribution in [0.4, 0.5) is 0 Å².